The second-order valence-electron chi connectivity index (χ2n) is 7.97. The normalized spacial score (nSPS) is 20.9. The standard InChI is InChI=1S/C21H28N4O2/c1-2-4-20-22-23-21(25(20)9-3-1)17-7-10-24(11-8-17)15-16-5-6-18-19(14-16)27-13-12-26-18/h5-6,14,17H,1-4,7-13,15H2. The fourth-order valence-electron chi connectivity index (χ4n) is 4.60. The molecule has 0 bridgehead atoms. The summed E-state index contributed by atoms with van der Waals surface area (Å²) in [5.41, 5.74) is 1.30. The minimum atomic E-state index is 0.556. The highest BCUT2D eigenvalue weighted by Gasteiger charge is 2.27. The van der Waals surface area contributed by atoms with Crippen LogP contribution in [0.2, 0.25) is 0 Å². The first-order valence-corrected chi connectivity index (χ1v) is 10.4. The van der Waals surface area contributed by atoms with E-state index < -0.39 is 0 Å². The predicted molar refractivity (Wildman–Crippen MR) is 102 cm³/mol. The Morgan fingerprint density at radius 1 is 0.926 bits per heavy atom. The monoisotopic (exact) mass is 368 g/mol. The second-order valence-corrected chi connectivity index (χ2v) is 7.97. The predicted octanol–water partition coefficient (Wildman–Crippen LogP) is 3.16. The van der Waals surface area contributed by atoms with Gasteiger partial charge in [-0.05, 0) is 56.5 Å². The molecule has 0 saturated carbocycles. The number of nitrogens with zero attached hydrogens (tertiary/aromatic N) is 4. The first kappa shape index (κ1) is 17.0. The number of benzene rings is 1. The topological polar surface area (TPSA) is 52.4 Å². The number of likely N-dealkylation sites (tertiary alicyclic amines) is 1. The Kier molecular flexibility index (Phi) is 4.74. The molecule has 1 saturated heterocycles. The Balaban J connectivity index is 1.21. The van der Waals surface area contributed by atoms with Crippen molar-refractivity contribution in [1.82, 2.24) is 19.7 Å². The van der Waals surface area contributed by atoms with Crippen LogP contribution in [0.3, 0.4) is 0 Å². The van der Waals surface area contributed by atoms with E-state index in [-0.39, 0.29) is 0 Å². The summed E-state index contributed by atoms with van der Waals surface area (Å²) in [5, 5.41) is 9.08. The first-order valence-electron chi connectivity index (χ1n) is 10.4. The van der Waals surface area contributed by atoms with E-state index in [0.29, 0.717) is 19.1 Å². The number of ether oxygens (including phenoxy) is 2. The van der Waals surface area contributed by atoms with Crippen LogP contribution in [0, 0.1) is 0 Å². The van der Waals surface area contributed by atoms with E-state index in [1.165, 1.54) is 49.3 Å². The number of fused-ring (bicyclic) bond motifs is 2. The van der Waals surface area contributed by atoms with Crippen molar-refractivity contribution in [2.24, 2.45) is 0 Å². The lowest BCUT2D eigenvalue weighted by Crippen LogP contribution is -2.33. The van der Waals surface area contributed by atoms with Gasteiger partial charge in [-0.1, -0.05) is 12.5 Å². The molecule has 1 aromatic carbocycles. The maximum Gasteiger partial charge on any atom is 0.161 e. The van der Waals surface area contributed by atoms with Gasteiger partial charge in [0, 0.05) is 25.4 Å². The molecular weight excluding hydrogens is 340 g/mol. The molecule has 0 amide bonds. The first-order chi connectivity index (χ1) is 13.4. The van der Waals surface area contributed by atoms with E-state index >= 15 is 0 Å². The van der Waals surface area contributed by atoms with Crippen molar-refractivity contribution in [1.29, 1.82) is 0 Å². The third kappa shape index (κ3) is 3.55. The van der Waals surface area contributed by atoms with Crippen molar-refractivity contribution in [3.8, 4) is 11.5 Å². The average molecular weight is 368 g/mol. The minimum absolute atomic E-state index is 0.556. The molecule has 4 heterocycles. The van der Waals surface area contributed by atoms with E-state index in [1.54, 1.807) is 0 Å². The molecule has 0 radical (unpaired) electrons. The van der Waals surface area contributed by atoms with E-state index in [4.69, 9.17) is 9.47 Å². The van der Waals surface area contributed by atoms with E-state index in [9.17, 15) is 0 Å². The van der Waals surface area contributed by atoms with Gasteiger partial charge in [-0.2, -0.15) is 0 Å². The van der Waals surface area contributed by atoms with Gasteiger partial charge in [-0.3, -0.25) is 4.90 Å². The van der Waals surface area contributed by atoms with Crippen LogP contribution in [0.25, 0.3) is 0 Å². The number of hydrogen-bond acceptors (Lipinski definition) is 5. The lowest BCUT2D eigenvalue weighted by Gasteiger charge is -2.32. The van der Waals surface area contributed by atoms with Gasteiger partial charge in [0.05, 0.1) is 0 Å². The third-order valence-corrected chi connectivity index (χ3v) is 6.10. The lowest BCUT2D eigenvalue weighted by atomic mass is 9.95. The summed E-state index contributed by atoms with van der Waals surface area (Å²) in [4.78, 5) is 2.54. The summed E-state index contributed by atoms with van der Waals surface area (Å²) < 4.78 is 13.8. The van der Waals surface area contributed by atoms with Crippen LogP contribution in [-0.4, -0.2) is 46.0 Å². The fraction of sp³-hybridized carbons (Fsp3) is 0.619. The van der Waals surface area contributed by atoms with Crippen LogP contribution < -0.4 is 9.47 Å². The maximum absolute atomic E-state index is 5.72. The smallest absolute Gasteiger partial charge is 0.161 e. The maximum atomic E-state index is 5.72. The number of aryl methyl sites for hydroxylation is 1. The van der Waals surface area contributed by atoms with Gasteiger partial charge in [0.1, 0.15) is 24.9 Å². The van der Waals surface area contributed by atoms with Gasteiger partial charge in [-0.25, -0.2) is 0 Å². The molecule has 1 fully saturated rings. The zero-order chi connectivity index (χ0) is 18.1. The Hall–Kier alpha value is -2.08. The second kappa shape index (κ2) is 7.50. The molecule has 0 aliphatic carbocycles. The number of hydrogen-bond donors (Lipinski definition) is 0. The molecule has 6 heteroatoms. The van der Waals surface area contributed by atoms with E-state index in [1.807, 2.05) is 6.07 Å². The summed E-state index contributed by atoms with van der Waals surface area (Å²) >= 11 is 0. The largest absolute Gasteiger partial charge is 0.486 e. The highest BCUT2D eigenvalue weighted by Crippen LogP contribution is 2.33. The summed E-state index contributed by atoms with van der Waals surface area (Å²) in [5.74, 6) is 4.77. The number of piperidine rings is 1. The molecule has 2 aromatic rings. The molecular formula is C21H28N4O2. The Morgan fingerprint density at radius 3 is 2.67 bits per heavy atom. The quantitative estimate of drug-likeness (QED) is 0.833. The molecule has 0 spiro atoms. The van der Waals surface area contributed by atoms with Gasteiger partial charge in [0.2, 0.25) is 0 Å². The SMILES string of the molecule is c1cc2c(cc1CN1CCC(c3nnc4n3CCCCC4)CC1)OCCO2. The van der Waals surface area contributed by atoms with Crippen molar-refractivity contribution < 1.29 is 9.47 Å². The van der Waals surface area contributed by atoms with Gasteiger partial charge >= 0.3 is 0 Å². The fourth-order valence-corrected chi connectivity index (χ4v) is 4.60. The number of aromatic nitrogens is 3. The molecule has 3 aliphatic heterocycles. The molecule has 1 aromatic heterocycles. The molecule has 5 rings (SSSR count). The van der Waals surface area contributed by atoms with E-state index in [2.05, 4.69) is 31.8 Å². The molecule has 0 atom stereocenters. The molecule has 0 unspecified atom stereocenters. The summed E-state index contributed by atoms with van der Waals surface area (Å²) in [6.45, 7) is 5.59. The summed E-state index contributed by atoms with van der Waals surface area (Å²) in [6, 6.07) is 6.35. The lowest BCUT2D eigenvalue weighted by molar-refractivity contribution is 0.170. The molecule has 3 aliphatic rings. The Labute approximate surface area is 160 Å². The van der Waals surface area contributed by atoms with Crippen LogP contribution in [-0.2, 0) is 19.5 Å². The van der Waals surface area contributed by atoms with E-state index in [0.717, 1.165) is 44.1 Å². The third-order valence-electron chi connectivity index (χ3n) is 6.10. The van der Waals surface area contributed by atoms with Crippen molar-refractivity contribution in [2.45, 2.75) is 57.5 Å². The van der Waals surface area contributed by atoms with Gasteiger partial charge < -0.3 is 14.0 Å². The molecule has 6 nitrogen and oxygen atoms in total. The summed E-state index contributed by atoms with van der Waals surface area (Å²) in [7, 11) is 0. The van der Waals surface area contributed by atoms with Crippen molar-refractivity contribution >= 4 is 0 Å². The average Bonchev–Trinajstić information content (AvgIpc) is 2.97. The molecule has 144 valence electrons. The van der Waals surface area contributed by atoms with Gasteiger partial charge in [-0.15, -0.1) is 10.2 Å². The highest BCUT2D eigenvalue weighted by atomic mass is 16.6. The van der Waals surface area contributed by atoms with Gasteiger partial charge in [0.25, 0.3) is 0 Å². The summed E-state index contributed by atoms with van der Waals surface area (Å²) in [6.07, 6.45) is 7.27. The van der Waals surface area contributed by atoms with Gasteiger partial charge in [0.15, 0.2) is 11.5 Å². The van der Waals surface area contributed by atoms with Crippen LogP contribution in [0.4, 0.5) is 0 Å². The van der Waals surface area contributed by atoms with Crippen LogP contribution in [0.15, 0.2) is 18.2 Å². The van der Waals surface area contributed by atoms with Crippen molar-refractivity contribution in [3.63, 3.8) is 0 Å². The highest BCUT2D eigenvalue weighted by molar-refractivity contribution is 5.43. The molecule has 27 heavy (non-hydrogen) atoms. The minimum Gasteiger partial charge on any atom is -0.486 e. The van der Waals surface area contributed by atoms with Crippen LogP contribution in [0.5, 0.6) is 11.5 Å². The Bertz CT molecular complexity index is 795. The van der Waals surface area contributed by atoms with Crippen molar-refractivity contribution in [2.75, 3.05) is 26.3 Å². The zero-order valence-corrected chi connectivity index (χ0v) is 15.9. The zero-order valence-electron chi connectivity index (χ0n) is 15.9. The van der Waals surface area contributed by atoms with Crippen LogP contribution in [0.1, 0.15) is 55.2 Å². The number of rotatable bonds is 3. The molecule has 0 N–H and O–H groups in total. The van der Waals surface area contributed by atoms with Crippen LogP contribution >= 0.6 is 0 Å². The van der Waals surface area contributed by atoms with Crippen molar-refractivity contribution in [3.05, 3.63) is 35.4 Å². The Morgan fingerprint density at radius 2 is 1.78 bits per heavy atom.